The number of aryl methyl sites for hydroxylation is 4. The Morgan fingerprint density at radius 2 is 0.720 bits per heavy atom. The van der Waals surface area contributed by atoms with Crippen LogP contribution in [0.15, 0.2) is 97.1 Å². The molecule has 0 saturated carbocycles. The van der Waals surface area contributed by atoms with Crippen molar-refractivity contribution in [3.8, 4) is 0 Å². The third-order valence-electron chi connectivity index (χ3n) is 10.1. The number of aliphatic carboxylic acids is 2. The topological polar surface area (TPSA) is 98.7 Å². The predicted molar refractivity (Wildman–Crippen MR) is 202 cm³/mol. The molecule has 2 aliphatic carbocycles. The molecule has 0 amide bonds. The summed E-state index contributed by atoms with van der Waals surface area (Å²) in [6.45, 7) is 1.92. The third-order valence-corrected chi connectivity index (χ3v) is 10.1. The summed E-state index contributed by atoms with van der Waals surface area (Å²) in [5, 5.41) is 24.9. The van der Waals surface area contributed by atoms with Crippen molar-refractivity contribution in [2.24, 2.45) is 0 Å². The van der Waals surface area contributed by atoms with Crippen molar-refractivity contribution in [2.75, 3.05) is 13.1 Å². The lowest BCUT2D eigenvalue weighted by Crippen LogP contribution is -2.24. The highest BCUT2D eigenvalue weighted by Crippen LogP contribution is 2.33. The Balaban J connectivity index is 0.000000194. The number of rotatable bonds is 16. The van der Waals surface area contributed by atoms with Crippen molar-refractivity contribution in [3.05, 3.63) is 142 Å². The molecule has 0 radical (unpaired) electrons. The maximum atomic E-state index is 10.5. The van der Waals surface area contributed by atoms with Crippen LogP contribution in [0.1, 0.15) is 121 Å². The number of unbranched alkanes of at least 4 members (excludes halogenated alkanes) is 6. The van der Waals surface area contributed by atoms with Gasteiger partial charge in [-0.25, -0.2) is 0 Å². The fourth-order valence-corrected chi connectivity index (χ4v) is 7.49. The molecule has 2 aliphatic rings. The number of carboxylic acid groups (broad SMARTS) is 2. The summed E-state index contributed by atoms with van der Waals surface area (Å²) in [7, 11) is 0. The van der Waals surface area contributed by atoms with Gasteiger partial charge in [0, 0.05) is 12.8 Å². The molecule has 0 bridgehead atoms. The van der Waals surface area contributed by atoms with Gasteiger partial charge in [0.05, 0.1) is 12.1 Å². The average Bonchev–Trinajstić information content (AvgIpc) is 3.39. The molecular formula is C44H54N2O4. The van der Waals surface area contributed by atoms with Gasteiger partial charge in [-0.05, 0) is 109 Å². The lowest BCUT2D eigenvalue weighted by molar-refractivity contribution is -0.138. The number of hydrogen-bond acceptors (Lipinski definition) is 4. The van der Waals surface area contributed by atoms with E-state index in [1.807, 2.05) is 0 Å². The first-order chi connectivity index (χ1) is 24.5. The first kappa shape index (κ1) is 37.0. The monoisotopic (exact) mass is 674 g/mol. The van der Waals surface area contributed by atoms with Crippen molar-refractivity contribution in [3.63, 3.8) is 0 Å². The number of benzene rings is 4. The Morgan fingerprint density at radius 3 is 1.02 bits per heavy atom. The van der Waals surface area contributed by atoms with Crippen molar-refractivity contribution in [1.82, 2.24) is 10.6 Å². The molecule has 0 aromatic heterocycles. The molecule has 0 saturated heterocycles. The summed E-state index contributed by atoms with van der Waals surface area (Å²) in [5.41, 5.74) is 11.4. The van der Waals surface area contributed by atoms with E-state index < -0.39 is 11.9 Å². The molecule has 6 nitrogen and oxygen atoms in total. The van der Waals surface area contributed by atoms with Crippen LogP contribution < -0.4 is 10.6 Å². The standard InChI is InChI=1S/2C22H27NO2/c2*24-21(25)13-3-1-2-8-16-23-22-19-11-6-4-9-17(19)14-15-18-10-5-7-12-20(18)22/h2*4-7,9-12,22-23H,1-3,8,13-16H2,(H,24,25). The van der Waals surface area contributed by atoms with Gasteiger partial charge in [-0.15, -0.1) is 0 Å². The Kier molecular flexibility index (Phi) is 14.7. The SMILES string of the molecule is O=C(O)CCCCCCNC1c2ccccc2CCc2ccccc21.O=C(O)CCCCCCNC1c2ccccc2CCc2ccccc21. The summed E-state index contributed by atoms with van der Waals surface area (Å²) in [6, 6.07) is 35.6. The van der Waals surface area contributed by atoms with Crippen molar-refractivity contribution in [1.29, 1.82) is 0 Å². The van der Waals surface area contributed by atoms with Crippen molar-refractivity contribution < 1.29 is 19.8 Å². The minimum absolute atomic E-state index is 0.258. The van der Waals surface area contributed by atoms with Gasteiger partial charge in [-0.2, -0.15) is 0 Å². The van der Waals surface area contributed by atoms with E-state index in [0.717, 1.165) is 90.1 Å². The maximum absolute atomic E-state index is 10.5. The summed E-state index contributed by atoms with van der Waals surface area (Å²) < 4.78 is 0. The summed E-state index contributed by atoms with van der Waals surface area (Å²) >= 11 is 0. The molecule has 0 spiro atoms. The van der Waals surface area contributed by atoms with E-state index >= 15 is 0 Å². The fraction of sp³-hybridized carbons (Fsp3) is 0.409. The first-order valence-corrected chi connectivity index (χ1v) is 18.7. The molecule has 4 N–H and O–H groups in total. The summed E-state index contributed by atoms with van der Waals surface area (Å²) in [4.78, 5) is 21.1. The Morgan fingerprint density at radius 1 is 0.440 bits per heavy atom. The average molecular weight is 675 g/mol. The summed E-state index contributed by atoms with van der Waals surface area (Å²) in [6.07, 6.45) is 12.8. The first-order valence-electron chi connectivity index (χ1n) is 18.7. The van der Waals surface area contributed by atoms with E-state index in [2.05, 4.69) is 108 Å². The highest BCUT2D eigenvalue weighted by Gasteiger charge is 2.23. The second kappa shape index (κ2) is 19.8. The van der Waals surface area contributed by atoms with E-state index in [9.17, 15) is 9.59 Å². The van der Waals surface area contributed by atoms with Crippen LogP contribution in [0.4, 0.5) is 0 Å². The van der Waals surface area contributed by atoms with E-state index in [4.69, 9.17) is 10.2 Å². The molecule has 4 aromatic rings. The zero-order valence-electron chi connectivity index (χ0n) is 29.4. The quantitative estimate of drug-likeness (QED) is 0.0886. The van der Waals surface area contributed by atoms with Crippen LogP contribution in [0.3, 0.4) is 0 Å². The molecule has 0 fully saturated rings. The second-order valence-electron chi connectivity index (χ2n) is 13.7. The van der Waals surface area contributed by atoms with Gasteiger partial charge in [-0.1, -0.05) is 123 Å². The van der Waals surface area contributed by atoms with E-state index in [1.54, 1.807) is 0 Å². The Bertz CT molecular complexity index is 1450. The molecule has 0 aliphatic heterocycles. The third kappa shape index (κ3) is 10.9. The number of hydrogen-bond donors (Lipinski definition) is 4. The van der Waals surface area contributed by atoms with Gasteiger partial charge in [-0.3, -0.25) is 9.59 Å². The van der Waals surface area contributed by atoms with Crippen LogP contribution in [0, 0.1) is 0 Å². The lowest BCUT2D eigenvalue weighted by Gasteiger charge is -2.22. The molecular weight excluding hydrogens is 620 g/mol. The van der Waals surface area contributed by atoms with Gasteiger partial charge in [0.15, 0.2) is 0 Å². The molecule has 50 heavy (non-hydrogen) atoms. The molecule has 6 heteroatoms. The zero-order chi connectivity index (χ0) is 35.0. The van der Waals surface area contributed by atoms with E-state index in [-0.39, 0.29) is 24.9 Å². The molecule has 264 valence electrons. The fourth-order valence-electron chi connectivity index (χ4n) is 7.49. The smallest absolute Gasteiger partial charge is 0.303 e. The van der Waals surface area contributed by atoms with Crippen LogP contribution in [0.5, 0.6) is 0 Å². The number of carboxylic acids is 2. The highest BCUT2D eigenvalue weighted by atomic mass is 16.4. The largest absolute Gasteiger partial charge is 0.481 e. The maximum Gasteiger partial charge on any atom is 0.303 e. The molecule has 0 atom stereocenters. The van der Waals surface area contributed by atoms with Gasteiger partial charge in [0.2, 0.25) is 0 Å². The van der Waals surface area contributed by atoms with Crippen molar-refractivity contribution >= 4 is 11.9 Å². The van der Waals surface area contributed by atoms with Gasteiger partial charge >= 0.3 is 11.9 Å². The van der Waals surface area contributed by atoms with Crippen LogP contribution in [-0.2, 0) is 35.3 Å². The highest BCUT2D eigenvalue weighted by molar-refractivity contribution is 5.66. The van der Waals surface area contributed by atoms with Crippen LogP contribution in [0.2, 0.25) is 0 Å². The molecule has 4 aromatic carbocycles. The van der Waals surface area contributed by atoms with Crippen molar-refractivity contribution in [2.45, 2.75) is 102 Å². The Labute approximate surface area is 298 Å². The molecule has 6 rings (SSSR count). The Hall–Kier alpha value is -4.26. The minimum atomic E-state index is -0.690. The minimum Gasteiger partial charge on any atom is -0.481 e. The number of nitrogens with one attached hydrogen (secondary N) is 2. The molecule has 0 unspecified atom stereocenters. The van der Waals surface area contributed by atoms with Gasteiger partial charge < -0.3 is 20.8 Å². The van der Waals surface area contributed by atoms with E-state index in [0.29, 0.717) is 0 Å². The van der Waals surface area contributed by atoms with Gasteiger partial charge in [0.1, 0.15) is 0 Å². The number of carbonyl (C=O) groups is 2. The van der Waals surface area contributed by atoms with E-state index in [1.165, 1.54) is 44.5 Å². The van der Waals surface area contributed by atoms with Crippen LogP contribution in [0.25, 0.3) is 0 Å². The second-order valence-corrected chi connectivity index (χ2v) is 13.7. The lowest BCUT2D eigenvalue weighted by atomic mass is 9.94. The van der Waals surface area contributed by atoms with Crippen LogP contribution >= 0.6 is 0 Å². The molecule has 0 heterocycles. The van der Waals surface area contributed by atoms with Crippen LogP contribution in [-0.4, -0.2) is 35.2 Å². The normalized spacial score (nSPS) is 13.8. The summed E-state index contributed by atoms with van der Waals surface area (Å²) in [5.74, 6) is -1.38. The number of fused-ring (bicyclic) bond motifs is 4. The predicted octanol–water partition coefficient (Wildman–Crippen LogP) is 9.00. The van der Waals surface area contributed by atoms with Gasteiger partial charge in [0.25, 0.3) is 0 Å². The zero-order valence-corrected chi connectivity index (χ0v) is 29.4.